The van der Waals surface area contributed by atoms with E-state index in [4.69, 9.17) is 9.16 Å². The summed E-state index contributed by atoms with van der Waals surface area (Å²) in [7, 11) is -2.79. The highest BCUT2D eigenvalue weighted by atomic mass is 28.4. The first kappa shape index (κ1) is 29.9. The maximum Gasteiger partial charge on any atom is 0.280 e. The minimum Gasteiger partial charge on any atom is -0.405 e. The van der Waals surface area contributed by atoms with Crippen LogP contribution in [0.4, 0.5) is 5.95 Å². The summed E-state index contributed by atoms with van der Waals surface area (Å²) in [5.41, 5.74) is 0.403. The van der Waals surface area contributed by atoms with Crippen molar-refractivity contribution in [3.8, 4) is 0 Å². The summed E-state index contributed by atoms with van der Waals surface area (Å²) in [5.74, 6) is 0.732. The molecule has 9 nitrogen and oxygen atoms in total. The molecule has 3 heterocycles. The van der Waals surface area contributed by atoms with Crippen LogP contribution in [0.25, 0.3) is 11.2 Å². The average Bonchev–Trinajstić information content (AvgIpc) is 3.57. The van der Waals surface area contributed by atoms with Gasteiger partial charge in [0.1, 0.15) is 12.5 Å². The zero-order valence-corrected chi connectivity index (χ0v) is 26.0. The Morgan fingerprint density at radius 3 is 2.33 bits per heavy atom. The SMILES string of the molecule is CC(C)CNc1nc2c(ncn2[C@H]2C[C@H](CC=O)[C@@H](CO[Si](c3ccccc3)(c3ccccc3)C(C)(C)C)O2)c(=O)[nH]1. The fourth-order valence-electron chi connectivity index (χ4n) is 6.00. The number of nitrogens with zero attached hydrogens (tertiary/aromatic N) is 3. The molecule has 0 saturated carbocycles. The highest BCUT2D eigenvalue weighted by molar-refractivity contribution is 6.99. The lowest BCUT2D eigenvalue weighted by atomic mass is 9.98. The van der Waals surface area contributed by atoms with Gasteiger partial charge in [-0.15, -0.1) is 0 Å². The molecule has 0 amide bonds. The number of aldehydes is 1. The lowest BCUT2D eigenvalue weighted by molar-refractivity contribution is -0.109. The van der Waals surface area contributed by atoms with E-state index in [0.717, 1.165) is 6.29 Å². The summed E-state index contributed by atoms with van der Waals surface area (Å²) in [6, 6.07) is 21.0. The number of hydrogen-bond donors (Lipinski definition) is 2. The number of aromatic nitrogens is 4. The van der Waals surface area contributed by atoms with Crippen molar-refractivity contribution in [2.24, 2.45) is 11.8 Å². The van der Waals surface area contributed by atoms with Gasteiger partial charge in [-0.1, -0.05) is 95.3 Å². The smallest absolute Gasteiger partial charge is 0.280 e. The Kier molecular flexibility index (Phi) is 8.77. The lowest BCUT2D eigenvalue weighted by Gasteiger charge is -2.43. The molecule has 1 aliphatic rings. The zero-order valence-electron chi connectivity index (χ0n) is 25.0. The second-order valence-corrected chi connectivity index (χ2v) is 16.8. The first-order valence-electron chi connectivity index (χ1n) is 14.7. The number of carbonyl (C=O) groups excluding carboxylic acids is 1. The number of rotatable bonds is 11. The van der Waals surface area contributed by atoms with E-state index in [0.29, 0.717) is 43.5 Å². The van der Waals surface area contributed by atoms with Crippen LogP contribution in [0.15, 0.2) is 71.8 Å². The van der Waals surface area contributed by atoms with Gasteiger partial charge in [0.05, 0.1) is 19.0 Å². The van der Waals surface area contributed by atoms with Crippen molar-refractivity contribution >= 4 is 42.1 Å². The normalized spacial score (nSPS) is 19.4. The molecule has 10 heteroatoms. The van der Waals surface area contributed by atoms with E-state index in [1.165, 1.54) is 10.4 Å². The summed E-state index contributed by atoms with van der Waals surface area (Å²) >= 11 is 0. The molecule has 0 radical (unpaired) electrons. The third-order valence-corrected chi connectivity index (χ3v) is 13.1. The summed E-state index contributed by atoms with van der Waals surface area (Å²) in [4.78, 5) is 36.3. The Morgan fingerprint density at radius 2 is 1.76 bits per heavy atom. The molecular formula is C32H41N5O4Si. The largest absolute Gasteiger partial charge is 0.405 e. The van der Waals surface area contributed by atoms with Gasteiger partial charge < -0.3 is 19.3 Å². The van der Waals surface area contributed by atoms with Crippen LogP contribution in [0.5, 0.6) is 0 Å². The van der Waals surface area contributed by atoms with Gasteiger partial charge in [-0.25, -0.2) is 4.98 Å². The van der Waals surface area contributed by atoms with Gasteiger partial charge in [0.2, 0.25) is 5.95 Å². The van der Waals surface area contributed by atoms with Gasteiger partial charge in [0.15, 0.2) is 11.2 Å². The van der Waals surface area contributed by atoms with Crippen LogP contribution in [0, 0.1) is 11.8 Å². The molecule has 0 aliphatic carbocycles. The molecule has 42 heavy (non-hydrogen) atoms. The Balaban J connectivity index is 1.47. The highest BCUT2D eigenvalue weighted by Crippen LogP contribution is 2.40. The van der Waals surface area contributed by atoms with E-state index < -0.39 is 14.5 Å². The van der Waals surface area contributed by atoms with Crippen molar-refractivity contribution in [1.29, 1.82) is 0 Å². The summed E-state index contributed by atoms with van der Waals surface area (Å²) < 4.78 is 15.6. The number of carbonyl (C=O) groups is 1. The Hall–Kier alpha value is -3.60. The standard InChI is InChI=1S/C32H41N5O4Si/c1-22(2)19-33-31-35-29-28(30(39)36-31)34-21-37(29)27-18-23(16-17-38)26(41-27)20-40-42(32(3,4)5,24-12-8-6-9-13-24)25-14-10-7-11-15-25/h6-15,17,21-23,26-27H,16,18-20H2,1-5H3,(H2,33,35,36,39)/t23-,26+,27+/m0/s1. The van der Waals surface area contributed by atoms with Crippen molar-refractivity contribution in [2.75, 3.05) is 18.5 Å². The van der Waals surface area contributed by atoms with Gasteiger partial charge in [-0.3, -0.25) is 14.3 Å². The van der Waals surface area contributed by atoms with E-state index in [1.54, 1.807) is 6.33 Å². The predicted octanol–water partition coefficient (Wildman–Crippen LogP) is 4.26. The molecule has 222 valence electrons. The second-order valence-electron chi connectivity index (χ2n) is 12.5. The third kappa shape index (κ3) is 5.84. The molecule has 5 rings (SSSR count). The molecule has 1 saturated heterocycles. The molecule has 2 aromatic heterocycles. The number of H-pyrrole nitrogens is 1. The minimum absolute atomic E-state index is 0.0521. The van der Waals surface area contributed by atoms with Crippen LogP contribution < -0.4 is 21.2 Å². The van der Waals surface area contributed by atoms with Crippen LogP contribution in [-0.2, 0) is 14.0 Å². The summed E-state index contributed by atoms with van der Waals surface area (Å²) in [6.45, 7) is 11.9. The van der Waals surface area contributed by atoms with Crippen LogP contribution >= 0.6 is 0 Å². The molecular weight excluding hydrogens is 546 g/mol. The lowest BCUT2D eigenvalue weighted by Crippen LogP contribution is -2.67. The fraction of sp³-hybridized carbons (Fsp3) is 0.438. The number of benzene rings is 2. The van der Waals surface area contributed by atoms with Crippen molar-refractivity contribution in [3.63, 3.8) is 0 Å². The van der Waals surface area contributed by atoms with Crippen LogP contribution in [0.2, 0.25) is 5.04 Å². The van der Waals surface area contributed by atoms with Crippen molar-refractivity contribution in [3.05, 3.63) is 77.3 Å². The predicted molar refractivity (Wildman–Crippen MR) is 168 cm³/mol. The Labute approximate surface area is 247 Å². The van der Waals surface area contributed by atoms with Crippen molar-refractivity contribution in [2.45, 2.75) is 64.8 Å². The van der Waals surface area contributed by atoms with Gasteiger partial charge in [-0.05, 0) is 33.7 Å². The molecule has 0 unspecified atom stereocenters. The van der Waals surface area contributed by atoms with Crippen LogP contribution in [0.3, 0.4) is 0 Å². The summed E-state index contributed by atoms with van der Waals surface area (Å²) in [5, 5.41) is 5.39. The topological polar surface area (TPSA) is 111 Å². The van der Waals surface area contributed by atoms with Gasteiger partial charge >= 0.3 is 0 Å². The number of anilines is 1. The average molecular weight is 588 g/mol. The van der Waals surface area contributed by atoms with Gasteiger partial charge in [0, 0.05) is 13.0 Å². The Morgan fingerprint density at radius 1 is 1.12 bits per heavy atom. The number of imidazole rings is 1. The van der Waals surface area contributed by atoms with E-state index >= 15 is 0 Å². The summed E-state index contributed by atoms with van der Waals surface area (Å²) in [6.07, 6.45) is 2.75. The maximum atomic E-state index is 12.8. The fourth-order valence-corrected chi connectivity index (χ4v) is 10.6. The molecule has 4 aromatic rings. The number of nitrogens with one attached hydrogen (secondary N) is 2. The number of fused-ring (bicyclic) bond motifs is 1. The molecule has 0 spiro atoms. The quantitative estimate of drug-likeness (QED) is 0.199. The monoisotopic (exact) mass is 587 g/mol. The van der Waals surface area contributed by atoms with E-state index in [-0.39, 0.29) is 28.1 Å². The minimum atomic E-state index is -2.79. The molecule has 0 bridgehead atoms. The molecule has 1 aliphatic heterocycles. The van der Waals surface area contributed by atoms with Crippen molar-refractivity contribution < 1.29 is 14.0 Å². The maximum absolute atomic E-state index is 12.8. The first-order valence-corrected chi connectivity index (χ1v) is 16.6. The molecule has 2 N–H and O–H groups in total. The van der Waals surface area contributed by atoms with E-state index in [9.17, 15) is 9.59 Å². The zero-order chi connectivity index (χ0) is 29.9. The molecule has 1 fully saturated rings. The van der Waals surface area contributed by atoms with Crippen LogP contribution in [-0.4, -0.2) is 53.4 Å². The highest BCUT2D eigenvalue weighted by Gasteiger charge is 2.51. The number of hydrogen-bond acceptors (Lipinski definition) is 7. The van der Waals surface area contributed by atoms with Crippen LogP contribution in [0.1, 0.15) is 53.7 Å². The first-order chi connectivity index (χ1) is 20.1. The van der Waals surface area contributed by atoms with Crippen molar-refractivity contribution in [1.82, 2.24) is 19.5 Å². The third-order valence-electron chi connectivity index (χ3n) is 8.06. The molecule has 2 aromatic carbocycles. The van der Waals surface area contributed by atoms with Gasteiger partial charge in [0.25, 0.3) is 13.9 Å². The van der Waals surface area contributed by atoms with E-state index in [1.807, 2.05) is 16.7 Å². The number of ether oxygens (including phenoxy) is 1. The number of aromatic amines is 1. The van der Waals surface area contributed by atoms with Gasteiger partial charge in [-0.2, -0.15) is 4.98 Å². The van der Waals surface area contributed by atoms with E-state index in [2.05, 4.69) is 103 Å². The second kappa shape index (κ2) is 12.3. The molecule has 3 atom stereocenters. The Bertz CT molecular complexity index is 1510.